The highest BCUT2D eigenvalue weighted by Gasteiger charge is 2.11. The van der Waals surface area contributed by atoms with E-state index in [2.05, 4.69) is 50.8 Å². The Morgan fingerprint density at radius 2 is 1.83 bits per heavy atom. The Bertz CT molecular complexity index is 358. The average molecular weight is 268 g/mol. The van der Waals surface area contributed by atoms with Crippen LogP contribution in [-0.4, -0.2) is 13.1 Å². The Kier molecular flexibility index (Phi) is 6.56. The van der Waals surface area contributed by atoms with Crippen LogP contribution in [0.15, 0.2) is 18.2 Å². The van der Waals surface area contributed by atoms with Crippen molar-refractivity contribution in [2.75, 3.05) is 18.0 Å². The lowest BCUT2D eigenvalue weighted by Gasteiger charge is -2.28. The highest BCUT2D eigenvalue weighted by atomic mass is 35.5. The summed E-state index contributed by atoms with van der Waals surface area (Å²) >= 11 is 5.91. The fraction of sp³-hybridized carbons (Fsp3) is 0.625. The molecule has 1 nitrogen and oxygen atoms in total. The largest absolute Gasteiger partial charge is 0.372 e. The molecule has 0 spiro atoms. The molecule has 2 heteroatoms. The van der Waals surface area contributed by atoms with E-state index < -0.39 is 0 Å². The van der Waals surface area contributed by atoms with Crippen LogP contribution in [0.1, 0.15) is 44.7 Å². The van der Waals surface area contributed by atoms with Gasteiger partial charge < -0.3 is 4.90 Å². The van der Waals surface area contributed by atoms with Crippen LogP contribution in [0.5, 0.6) is 0 Å². The molecular weight excluding hydrogens is 242 g/mol. The van der Waals surface area contributed by atoms with E-state index in [-0.39, 0.29) is 0 Å². The van der Waals surface area contributed by atoms with Crippen molar-refractivity contribution >= 4 is 17.3 Å². The second-order valence-electron chi connectivity index (χ2n) is 4.97. The quantitative estimate of drug-likeness (QED) is 0.629. The van der Waals surface area contributed by atoms with Crippen molar-refractivity contribution < 1.29 is 0 Å². The number of benzene rings is 1. The number of aryl methyl sites for hydroxylation is 1. The van der Waals surface area contributed by atoms with E-state index in [0.717, 1.165) is 19.0 Å². The van der Waals surface area contributed by atoms with Crippen molar-refractivity contribution in [2.24, 2.45) is 5.92 Å². The molecule has 0 bridgehead atoms. The fourth-order valence-electron chi connectivity index (χ4n) is 2.30. The molecule has 0 saturated carbocycles. The van der Waals surface area contributed by atoms with Gasteiger partial charge in [0.15, 0.2) is 0 Å². The second-order valence-corrected chi connectivity index (χ2v) is 5.23. The maximum Gasteiger partial charge on any atom is 0.0476 e. The maximum atomic E-state index is 5.91. The predicted molar refractivity (Wildman–Crippen MR) is 82.7 cm³/mol. The number of alkyl halides is 1. The zero-order valence-electron chi connectivity index (χ0n) is 12.2. The third-order valence-electron chi connectivity index (χ3n) is 3.85. The summed E-state index contributed by atoms with van der Waals surface area (Å²) < 4.78 is 0. The van der Waals surface area contributed by atoms with Gasteiger partial charge in [-0.2, -0.15) is 0 Å². The maximum absolute atomic E-state index is 5.91. The predicted octanol–water partition coefficient (Wildman–Crippen LogP) is 5.00. The van der Waals surface area contributed by atoms with Crippen LogP contribution >= 0.6 is 11.6 Å². The second kappa shape index (κ2) is 7.68. The van der Waals surface area contributed by atoms with Gasteiger partial charge in [0.1, 0.15) is 0 Å². The van der Waals surface area contributed by atoms with Crippen molar-refractivity contribution in [3.8, 4) is 0 Å². The summed E-state index contributed by atoms with van der Waals surface area (Å²) in [4.78, 5) is 2.47. The zero-order valence-corrected chi connectivity index (χ0v) is 12.9. The van der Waals surface area contributed by atoms with Gasteiger partial charge in [0.05, 0.1) is 0 Å². The molecule has 0 saturated heterocycles. The molecule has 0 fully saturated rings. The van der Waals surface area contributed by atoms with Crippen LogP contribution in [0.2, 0.25) is 0 Å². The van der Waals surface area contributed by atoms with Crippen LogP contribution in [-0.2, 0) is 5.88 Å². The van der Waals surface area contributed by atoms with Crippen molar-refractivity contribution in [1.29, 1.82) is 0 Å². The SMILES string of the molecule is CCC(CC)CN(CC)c1ccc(CCl)c(C)c1. The van der Waals surface area contributed by atoms with Crippen LogP contribution in [0.25, 0.3) is 0 Å². The lowest BCUT2D eigenvalue weighted by atomic mass is 10.0. The topological polar surface area (TPSA) is 3.24 Å². The first kappa shape index (κ1) is 15.4. The number of hydrogen-bond acceptors (Lipinski definition) is 1. The molecule has 0 aliphatic heterocycles. The van der Waals surface area contributed by atoms with Crippen molar-refractivity contribution in [1.82, 2.24) is 0 Å². The molecule has 0 radical (unpaired) electrons. The molecule has 0 amide bonds. The lowest BCUT2D eigenvalue weighted by molar-refractivity contribution is 0.486. The molecular formula is C16H26ClN. The number of nitrogens with zero attached hydrogens (tertiary/aromatic N) is 1. The molecule has 0 aliphatic carbocycles. The highest BCUT2D eigenvalue weighted by molar-refractivity contribution is 6.17. The monoisotopic (exact) mass is 267 g/mol. The normalized spacial score (nSPS) is 11.0. The minimum absolute atomic E-state index is 0.602. The Hall–Kier alpha value is -0.690. The van der Waals surface area contributed by atoms with Gasteiger partial charge in [0.2, 0.25) is 0 Å². The van der Waals surface area contributed by atoms with Gasteiger partial charge in [-0.15, -0.1) is 11.6 Å². The Morgan fingerprint density at radius 3 is 2.28 bits per heavy atom. The minimum atomic E-state index is 0.602. The first-order valence-electron chi connectivity index (χ1n) is 7.06. The van der Waals surface area contributed by atoms with Crippen molar-refractivity contribution in [3.05, 3.63) is 29.3 Å². The average Bonchev–Trinajstić information content (AvgIpc) is 2.40. The summed E-state index contributed by atoms with van der Waals surface area (Å²) in [6.45, 7) is 11.2. The first-order chi connectivity index (χ1) is 8.65. The van der Waals surface area contributed by atoms with E-state index in [9.17, 15) is 0 Å². The van der Waals surface area contributed by atoms with Gasteiger partial charge in [0, 0.05) is 24.7 Å². The third-order valence-corrected chi connectivity index (χ3v) is 4.14. The van der Waals surface area contributed by atoms with E-state index in [1.165, 1.54) is 29.7 Å². The van der Waals surface area contributed by atoms with Crippen LogP contribution < -0.4 is 4.90 Å². The minimum Gasteiger partial charge on any atom is -0.372 e. The highest BCUT2D eigenvalue weighted by Crippen LogP contribution is 2.22. The van der Waals surface area contributed by atoms with E-state index in [0.29, 0.717) is 5.88 Å². The Balaban J connectivity index is 2.84. The molecule has 0 heterocycles. The summed E-state index contributed by atoms with van der Waals surface area (Å²) in [6.07, 6.45) is 2.51. The number of anilines is 1. The molecule has 1 aromatic rings. The molecule has 1 rings (SSSR count). The van der Waals surface area contributed by atoms with Crippen LogP contribution in [0.4, 0.5) is 5.69 Å². The van der Waals surface area contributed by atoms with Crippen LogP contribution in [0, 0.1) is 12.8 Å². The van der Waals surface area contributed by atoms with E-state index in [4.69, 9.17) is 11.6 Å². The smallest absolute Gasteiger partial charge is 0.0476 e. The lowest BCUT2D eigenvalue weighted by Crippen LogP contribution is -2.29. The number of rotatable bonds is 7. The molecule has 1 aromatic carbocycles. The van der Waals surface area contributed by atoms with Gasteiger partial charge in [-0.3, -0.25) is 0 Å². The summed E-state index contributed by atoms with van der Waals surface area (Å²) in [5.41, 5.74) is 3.86. The summed E-state index contributed by atoms with van der Waals surface area (Å²) in [5, 5.41) is 0. The molecule has 0 aromatic heterocycles. The Morgan fingerprint density at radius 1 is 1.17 bits per heavy atom. The number of halogens is 1. The first-order valence-corrected chi connectivity index (χ1v) is 7.60. The van der Waals surface area contributed by atoms with Crippen molar-refractivity contribution in [3.63, 3.8) is 0 Å². The van der Waals surface area contributed by atoms with Gasteiger partial charge in [0.25, 0.3) is 0 Å². The molecule has 0 unspecified atom stereocenters. The van der Waals surface area contributed by atoms with Crippen molar-refractivity contribution in [2.45, 2.75) is 46.4 Å². The van der Waals surface area contributed by atoms with Gasteiger partial charge in [-0.25, -0.2) is 0 Å². The summed E-state index contributed by atoms with van der Waals surface area (Å²) in [6, 6.07) is 6.63. The molecule has 0 atom stereocenters. The van der Waals surface area contributed by atoms with Gasteiger partial charge in [-0.05, 0) is 43.0 Å². The third kappa shape index (κ3) is 3.91. The number of hydrogen-bond donors (Lipinski definition) is 0. The summed E-state index contributed by atoms with van der Waals surface area (Å²) in [5.74, 6) is 1.39. The molecule has 0 N–H and O–H groups in total. The van der Waals surface area contributed by atoms with E-state index in [1.807, 2.05) is 0 Å². The van der Waals surface area contributed by atoms with Gasteiger partial charge >= 0.3 is 0 Å². The van der Waals surface area contributed by atoms with E-state index >= 15 is 0 Å². The Labute approximate surface area is 117 Å². The standard InChI is InChI=1S/C16H26ClN/c1-5-14(6-2)12-18(7-3)16-9-8-15(11-17)13(4)10-16/h8-10,14H,5-7,11-12H2,1-4H3. The fourth-order valence-corrected chi connectivity index (χ4v) is 2.60. The molecule has 18 heavy (non-hydrogen) atoms. The van der Waals surface area contributed by atoms with Crippen LogP contribution in [0.3, 0.4) is 0 Å². The zero-order chi connectivity index (χ0) is 13.5. The van der Waals surface area contributed by atoms with Gasteiger partial charge in [-0.1, -0.05) is 32.8 Å². The molecule has 102 valence electrons. The van der Waals surface area contributed by atoms with E-state index in [1.54, 1.807) is 0 Å². The summed E-state index contributed by atoms with van der Waals surface area (Å²) in [7, 11) is 0. The molecule has 0 aliphatic rings.